The molecular formula is C20H19N5. The third-order valence-electron chi connectivity index (χ3n) is 4.26. The maximum absolute atomic E-state index is 4.68. The highest BCUT2D eigenvalue weighted by Crippen LogP contribution is 2.24. The fourth-order valence-corrected chi connectivity index (χ4v) is 2.89. The molecule has 0 aliphatic carbocycles. The lowest BCUT2D eigenvalue weighted by molar-refractivity contribution is 0.601. The first-order valence-corrected chi connectivity index (χ1v) is 8.23. The van der Waals surface area contributed by atoms with Gasteiger partial charge in [0.1, 0.15) is 12.1 Å². The summed E-state index contributed by atoms with van der Waals surface area (Å²) in [5.41, 5.74) is 2.86. The Morgan fingerprint density at radius 1 is 0.880 bits per heavy atom. The average Bonchev–Trinajstić information content (AvgIpc) is 3.06. The summed E-state index contributed by atoms with van der Waals surface area (Å²) in [4.78, 5) is 13.5. The van der Waals surface area contributed by atoms with E-state index in [1.807, 2.05) is 53.1 Å². The van der Waals surface area contributed by atoms with E-state index in [9.17, 15) is 0 Å². The van der Waals surface area contributed by atoms with E-state index in [0.29, 0.717) is 5.95 Å². The lowest BCUT2D eigenvalue weighted by atomic mass is 9.95. The molecule has 0 spiro atoms. The molecule has 5 heteroatoms. The second-order valence-electron chi connectivity index (χ2n) is 6.46. The summed E-state index contributed by atoms with van der Waals surface area (Å²) in [5, 5.41) is 3.43. The standard InChI is InChI=1S/C20H19N5/c1-20(2,15-8-4-3-5-9-15)24-19-21-13-12-18(23-19)25-14-22-16-10-6-7-11-17(16)25/h3-14H,1-2H3,(H,21,23,24). The summed E-state index contributed by atoms with van der Waals surface area (Å²) in [6.45, 7) is 4.23. The number of nitrogens with zero attached hydrogens (tertiary/aromatic N) is 4. The molecule has 4 aromatic rings. The minimum atomic E-state index is -0.281. The number of imidazole rings is 1. The summed E-state index contributed by atoms with van der Waals surface area (Å²) >= 11 is 0. The number of fused-ring (bicyclic) bond motifs is 1. The molecule has 0 unspecified atom stereocenters. The van der Waals surface area contributed by atoms with Crippen molar-refractivity contribution >= 4 is 17.0 Å². The van der Waals surface area contributed by atoms with Gasteiger partial charge in [0.2, 0.25) is 5.95 Å². The zero-order valence-electron chi connectivity index (χ0n) is 14.2. The van der Waals surface area contributed by atoms with Crippen molar-refractivity contribution in [1.29, 1.82) is 0 Å². The minimum Gasteiger partial charge on any atom is -0.345 e. The number of anilines is 1. The van der Waals surface area contributed by atoms with E-state index in [4.69, 9.17) is 0 Å². The predicted octanol–water partition coefficient (Wildman–Crippen LogP) is 4.16. The van der Waals surface area contributed by atoms with Crippen LogP contribution in [0.15, 0.2) is 73.2 Å². The molecule has 2 aromatic carbocycles. The number of benzene rings is 2. The molecule has 0 amide bonds. The number of hydrogen-bond acceptors (Lipinski definition) is 4. The summed E-state index contributed by atoms with van der Waals surface area (Å²) in [5.74, 6) is 1.37. The van der Waals surface area contributed by atoms with Gasteiger partial charge in [-0.05, 0) is 37.6 Å². The van der Waals surface area contributed by atoms with Crippen molar-refractivity contribution in [2.24, 2.45) is 0 Å². The molecule has 0 saturated heterocycles. The van der Waals surface area contributed by atoms with Crippen LogP contribution in [0.2, 0.25) is 0 Å². The predicted molar refractivity (Wildman–Crippen MR) is 99.8 cm³/mol. The molecule has 4 rings (SSSR count). The highest BCUT2D eigenvalue weighted by molar-refractivity contribution is 5.76. The Balaban J connectivity index is 1.68. The molecule has 0 radical (unpaired) electrons. The zero-order valence-corrected chi connectivity index (χ0v) is 14.2. The van der Waals surface area contributed by atoms with Gasteiger partial charge in [0, 0.05) is 6.20 Å². The topological polar surface area (TPSA) is 55.6 Å². The van der Waals surface area contributed by atoms with Gasteiger partial charge < -0.3 is 5.32 Å². The van der Waals surface area contributed by atoms with Crippen molar-refractivity contribution < 1.29 is 0 Å². The van der Waals surface area contributed by atoms with Crippen LogP contribution in [0.1, 0.15) is 19.4 Å². The Hall–Kier alpha value is -3.21. The molecule has 2 aromatic heterocycles. The second kappa shape index (κ2) is 6.02. The Bertz CT molecular complexity index is 1000. The van der Waals surface area contributed by atoms with Crippen LogP contribution in [-0.2, 0) is 5.54 Å². The van der Waals surface area contributed by atoms with Gasteiger partial charge in [0.05, 0.1) is 16.6 Å². The molecule has 124 valence electrons. The number of aromatic nitrogens is 4. The summed E-state index contributed by atoms with van der Waals surface area (Å²) in [7, 11) is 0. The largest absolute Gasteiger partial charge is 0.345 e. The summed E-state index contributed by atoms with van der Waals surface area (Å²) in [6.07, 6.45) is 3.56. The number of rotatable bonds is 4. The van der Waals surface area contributed by atoms with Crippen LogP contribution in [0, 0.1) is 0 Å². The zero-order chi connectivity index (χ0) is 17.3. The van der Waals surface area contributed by atoms with Crippen molar-refractivity contribution in [3.8, 4) is 5.82 Å². The van der Waals surface area contributed by atoms with Gasteiger partial charge >= 0.3 is 0 Å². The van der Waals surface area contributed by atoms with Gasteiger partial charge in [-0.3, -0.25) is 4.57 Å². The van der Waals surface area contributed by atoms with Gasteiger partial charge in [-0.1, -0.05) is 42.5 Å². The van der Waals surface area contributed by atoms with E-state index in [-0.39, 0.29) is 5.54 Å². The fraction of sp³-hybridized carbons (Fsp3) is 0.150. The first-order chi connectivity index (χ1) is 12.1. The molecule has 0 fully saturated rings. The normalized spacial score (nSPS) is 11.6. The van der Waals surface area contributed by atoms with Crippen LogP contribution in [0.5, 0.6) is 0 Å². The summed E-state index contributed by atoms with van der Waals surface area (Å²) < 4.78 is 1.97. The van der Waals surface area contributed by atoms with Crippen LogP contribution in [-0.4, -0.2) is 19.5 Å². The Morgan fingerprint density at radius 3 is 2.48 bits per heavy atom. The first kappa shape index (κ1) is 15.3. The molecule has 5 nitrogen and oxygen atoms in total. The fourth-order valence-electron chi connectivity index (χ4n) is 2.89. The van der Waals surface area contributed by atoms with Crippen LogP contribution in [0.3, 0.4) is 0 Å². The first-order valence-electron chi connectivity index (χ1n) is 8.23. The summed E-state index contributed by atoms with van der Waals surface area (Å²) in [6, 6.07) is 20.2. The lowest BCUT2D eigenvalue weighted by Crippen LogP contribution is -2.29. The van der Waals surface area contributed by atoms with E-state index < -0.39 is 0 Å². The minimum absolute atomic E-state index is 0.281. The van der Waals surface area contributed by atoms with E-state index in [0.717, 1.165) is 16.9 Å². The van der Waals surface area contributed by atoms with E-state index >= 15 is 0 Å². The molecular weight excluding hydrogens is 310 g/mol. The molecule has 0 saturated carbocycles. The Labute approximate surface area is 146 Å². The molecule has 1 N–H and O–H groups in total. The van der Waals surface area contributed by atoms with Crippen LogP contribution >= 0.6 is 0 Å². The molecule has 25 heavy (non-hydrogen) atoms. The smallest absolute Gasteiger partial charge is 0.225 e. The lowest BCUT2D eigenvalue weighted by Gasteiger charge is -2.27. The number of hydrogen-bond donors (Lipinski definition) is 1. The van der Waals surface area contributed by atoms with Gasteiger partial charge in [0.25, 0.3) is 0 Å². The van der Waals surface area contributed by atoms with Crippen molar-refractivity contribution in [2.45, 2.75) is 19.4 Å². The molecule has 0 bridgehead atoms. The van der Waals surface area contributed by atoms with Crippen LogP contribution in [0.25, 0.3) is 16.9 Å². The molecule has 0 atom stereocenters. The second-order valence-corrected chi connectivity index (χ2v) is 6.46. The van der Waals surface area contributed by atoms with E-state index in [1.165, 1.54) is 5.56 Å². The average molecular weight is 329 g/mol. The van der Waals surface area contributed by atoms with Gasteiger partial charge in [-0.15, -0.1) is 0 Å². The Morgan fingerprint density at radius 2 is 1.64 bits per heavy atom. The number of para-hydroxylation sites is 2. The van der Waals surface area contributed by atoms with Gasteiger partial charge in [-0.25, -0.2) is 9.97 Å². The van der Waals surface area contributed by atoms with Crippen molar-refractivity contribution in [2.75, 3.05) is 5.32 Å². The number of nitrogens with one attached hydrogen (secondary N) is 1. The molecule has 0 aliphatic rings. The maximum atomic E-state index is 4.68. The van der Waals surface area contributed by atoms with E-state index in [1.54, 1.807) is 12.5 Å². The Kier molecular flexibility index (Phi) is 3.69. The van der Waals surface area contributed by atoms with Gasteiger partial charge in [-0.2, -0.15) is 4.98 Å². The highest BCUT2D eigenvalue weighted by Gasteiger charge is 2.21. The van der Waals surface area contributed by atoms with E-state index in [2.05, 4.69) is 46.2 Å². The van der Waals surface area contributed by atoms with Crippen molar-refractivity contribution in [3.63, 3.8) is 0 Å². The maximum Gasteiger partial charge on any atom is 0.225 e. The van der Waals surface area contributed by atoms with Crippen molar-refractivity contribution in [3.05, 3.63) is 78.8 Å². The molecule has 2 heterocycles. The highest BCUT2D eigenvalue weighted by atomic mass is 15.2. The third kappa shape index (κ3) is 2.96. The van der Waals surface area contributed by atoms with Gasteiger partial charge in [0.15, 0.2) is 0 Å². The SMILES string of the molecule is CC(C)(Nc1nccc(-n2cnc3ccccc32)n1)c1ccccc1. The van der Waals surface area contributed by atoms with Crippen LogP contribution in [0.4, 0.5) is 5.95 Å². The monoisotopic (exact) mass is 329 g/mol. The van der Waals surface area contributed by atoms with Crippen molar-refractivity contribution in [1.82, 2.24) is 19.5 Å². The molecule has 0 aliphatic heterocycles. The third-order valence-corrected chi connectivity index (χ3v) is 4.26. The quantitative estimate of drug-likeness (QED) is 0.611. The van der Waals surface area contributed by atoms with Crippen LogP contribution < -0.4 is 5.32 Å².